The van der Waals surface area contributed by atoms with Gasteiger partial charge in [-0.1, -0.05) is 6.07 Å². The maximum absolute atomic E-state index is 13.2. The molecule has 0 bridgehead atoms. The summed E-state index contributed by atoms with van der Waals surface area (Å²) in [7, 11) is 1.63. The summed E-state index contributed by atoms with van der Waals surface area (Å²) in [6.45, 7) is 2.55. The summed E-state index contributed by atoms with van der Waals surface area (Å²) in [5, 5.41) is 3.26. The number of hydrogen-bond donors (Lipinski definition) is 1. The lowest BCUT2D eigenvalue weighted by molar-refractivity contribution is 0.412. The van der Waals surface area contributed by atoms with Gasteiger partial charge in [-0.25, -0.2) is 4.39 Å². The second-order valence-corrected chi connectivity index (χ2v) is 5.13. The van der Waals surface area contributed by atoms with Gasteiger partial charge in [-0.15, -0.1) is 0 Å². The second kappa shape index (κ2) is 6.06. The van der Waals surface area contributed by atoms with Gasteiger partial charge in [-0.3, -0.25) is 0 Å². The van der Waals surface area contributed by atoms with Gasteiger partial charge in [0.25, 0.3) is 0 Å². The summed E-state index contributed by atoms with van der Waals surface area (Å²) in [6, 6.07) is 10.6. The van der Waals surface area contributed by atoms with E-state index in [-0.39, 0.29) is 5.82 Å². The molecule has 0 aliphatic carbocycles. The molecule has 0 fully saturated rings. The summed E-state index contributed by atoms with van der Waals surface area (Å²) in [5.41, 5.74) is 2.95. The molecule has 0 aliphatic rings. The van der Waals surface area contributed by atoms with Crippen molar-refractivity contribution < 1.29 is 9.13 Å². The van der Waals surface area contributed by atoms with Crippen LogP contribution in [0.2, 0.25) is 0 Å². The van der Waals surface area contributed by atoms with Crippen LogP contribution in [-0.2, 0) is 6.54 Å². The highest BCUT2D eigenvalue weighted by atomic mass is 79.9. The van der Waals surface area contributed by atoms with E-state index in [0.717, 1.165) is 27.0 Å². The molecule has 1 N–H and O–H groups in total. The molecule has 4 heteroatoms. The van der Waals surface area contributed by atoms with Gasteiger partial charge in [-0.05, 0) is 58.2 Å². The van der Waals surface area contributed by atoms with Crippen molar-refractivity contribution in [3.8, 4) is 5.75 Å². The summed E-state index contributed by atoms with van der Waals surface area (Å²) in [6.07, 6.45) is 0. The van der Waals surface area contributed by atoms with Gasteiger partial charge in [-0.2, -0.15) is 0 Å². The molecule has 2 aromatic rings. The van der Waals surface area contributed by atoms with E-state index in [1.165, 1.54) is 6.07 Å². The molecule has 0 heterocycles. The number of ether oxygens (including phenoxy) is 1. The molecular weight excluding hydrogens is 309 g/mol. The molecule has 0 saturated heterocycles. The van der Waals surface area contributed by atoms with E-state index in [1.54, 1.807) is 19.2 Å². The molecule has 0 aromatic heterocycles. The fourth-order valence-corrected chi connectivity index (χ4v) is 2.21. The molecule has 0 saturated carbocycles. The van der Waals surface area contributed by atoms with E-state index in [2.05, 4.69) is 21.2 Å². The van der Waals surface area contributed by atoms with E-state index < -0.39 is 0 Å². The minimum Gasteiger partial charge on any atom is -0.495 e. The van der Waals surface area contributed by atoms with E-state index in [0.29, 0.717) is 6.54 Å². The topological polar surface area (TPSA) is 21.3 Å². The number of anilines is 1. The largest absolute Gasteiger partial charge is 0.495 e. The summed E-state index contributed by atoms with van der Waals surface area (Å²) >= 11 is 3.41. The van der Waals surface area contributed by atoms with Crippen molar-refractivity contribution in [3.63, 3.8) is 0 Å². The van der Waals surface area contributed by atoms with Crippen LogP contribution >= 0.6 is 15.9 Å². The Morgan fingerprint density at radius 2 is 2.00 bits per heavy atom. The van der Waals surface area contributed by atoms with Crippen molar-refractivity contribution >= 4 is 21.6 Å². The Hall–Kier alpha value is -1.55. The standard InChI is InChI=1S/C15H15BrFNO/c1-10-3-4-12(17)7-11(10)9-18-13-5-6-14(16)15(8-13)19-2/h3-8,18H,9H2,1-2H3. The van der Waals surface area contributed by atoms with E-state index in [9.17, 15) is 4.39 Å². The lowest BCUT2D eigenvalue weighted by Crippen LogP contribution is -2.02. The molecule has 100 valence electrons. The molecule has 2 aromatic carbocycles. The SMILES string of the molecule is COc1cc(NCc2cc(F)ccc2C)ccc1Br. The number of benzene rings is 2. The second-order valence-electron chi connectivity index (χ2n) is 4.27. The quantitative estimate of drug-likeness (QED) is 0.893. The lowest BCUT2D eigenvalue weighted by Gasteiger charge is -2.11. The number of rotatable bonds is 4. The molecule has 2 nitrogen and oxygen atoms in total. The molecule has 0 radical (unpaired) electrons. The van der Waals surface area contributed by atoms with Crippen molar-refractivity contribution in [1.29, 1.82) is 0 Å². The first-order chi connectivity index (χ1) is 9.10. The summed E-state index contributed by atoms with van der Waals surface area (Å²) in [5.74, 6) is 0.553. The highest BCUT2D eigenvalue weighted by molar-refractivity contribution is 9.10. The van der Waals surface area contributed by atoms with Crippen molar-refractivity contribution in [2.45, 2.75) is 13.5 Å². The van der Waals surface area contributed by atoms with Crippen molar-refractivity contribution in [2.24, 2.45) is 0 Å². The molecule has 19 heavy (non-hydrogen) atoms. The van der Waals surface area contributed by atoms with Crippen LogP contribution in [0.1, 0.15) is 11.1 Å². The Kier molecular flexibility index (Phi) is 4.43. The zero-order chi connectivity index (χ0) is 13.8. The molecule has 2 rings (SSSR count). The minimum atomic E-state index is -0.212. The zero-order valence-electron chi connectivity index (χ0n) is 10.8. The van der Waals surface area contributed by atoms with Crippen LogP contribution in [-0.4, -0.2) is 7.11 Å². The van der Waals surface area contributed by atoms with Crippen molar-refractivity contribution in [2.75, 3.05) is 12.4 Å². The van der Waals surface area contributed by atoms with Crippen LogP contribution in [0.3, 0.4) is 0 Å². The third-order valence-electron chi connectivity index (χ3n) is 2.95. The van der Waals surface area contributed by atoms with Crippen molar-refractivity contribution in [3.05, 3.63) is 57.8 Å². The van der Waals surface area contributed by atoms with Gasteiger partial charge in [0.1, 0.15) is 11.6 Å². The molecular formula is C15H15BrFNO. The summed E-state index contributed by atoms with van der Waals surface area (Å²) < 4.78 is 19.3. The van der Waals surface area contributed by atoms with Gasteiger partial charge in [0.05, 0.1) is 11.6 Å². The van der Waals surface area contributed by atoms with Crippen molar-refractivity contribution in [1.82, 2.24) is 0 Å². The number of halogens is 2. The Balaban J connectivity index is 2.12. The Morgan fingerprint density at radius 1 is 1.21 bits per heavy atom. The smallest absolute Gasteiger partial charge is 0.135 e. The van der Waals surface area contributed by atoms with Crippen LogP contribution in [0.25, 0.3) is 0 Å². The van der Waals surface area contributed by atoms with Crippen LogP contribution in [0, 0.1) is 12.7 Å². The first-order valence-corrected chi connectivity index (χ1v) is 6.72. The highest BCUT2D eigenvalue weighted by Crippen LogP contribution is 2.28. The van der Waals surface area contributed by atoms with Gasteiger partial charge in [0.15, 0.2) is 0 Å². The Morgan fingerprint density at radius 3 is 2.74 bits per heavy atom. The summed E-state index contributed by atoms with van der Waals surface area (Å²) in [4.78, 5) is 0. The monoisotopic (exact) mass is 323 g/mol. The van der Waals surface area contributed by atoms with Crippen LogP contribution in [0.5, 0.6) is 5.75 Å². The Bertz CT molecular complexity index is 586. The maximum Gasteiger partial charge on any atom is 0.135 e. The van der Waals surface area contributed by atoms with Gasteiger partial charge < -0.3 is 10.1 Å². The normalized spacial score (nSPS) is 10.3. The average Bonchev–Trinajstić information content (AvgIpc) is 2.41. The maximum atomic E-state index is 13.2. The highest BCUT2D eigenvalue weighted by Gasteiger charge is 2.03. The van der Waals surface area contributed by atoms with Gasteiger partial charge in [0, 0.05) is 18.3 Å². The predicted octanol–water partition coefficient (Wildman–Crippen LogP) is 4.52. The van der Waals surface area contributed by atoms with E-state index in [4.69, 9.17) is 4.74 Å². The number of nitrogens with one attached hydrogen (secondary N) is 1. The minimum absolute atomic E-state index is 0.212. The van der Waals surface area contributed by atoms with E-state index >= 15 is 0 Å². The molecule has 0 atom stereocenters. The van der Waals surface area contributed by atoms with Crippen LogP contribution in [0.4, 0.5) is 10.1 Å². The number of aryl methyl sites for hydroxylation is 1. The zero-order valence-corrected chi connectivity index (χ0v) is 12.4. The van der Waals surface area contributed by atoms with Gasteiger partial charge in [0.2, 0.25) is 0 Å². The molecule has 0 spiro atoms. The predicted molar refractivity (Wildman–Crippen MR) is 79.2 cm³/mol. The first kappa shape index (κ1) is 13.9. The number of methoxy groups -OCH3 is 1. The molecule has 0 unspecified atom stereocenters. The fourth-order valence-electron chi connectivity index (χ4n) is 1.80. The van der Waals surface area contributed by atoms with Crippen LogP contribution < -0.4 is 10.1 Å². The lowest BCUT2D eigenvalue weighted by atomic mass is 10.1. The third kappa shape index (κ3) is 3.47. The van der Waals surface area contributed by atoms with Gasteiger partial charge >= 0.3 is 0 Å². The average molecular weight is 324 g/mol. The first-order valence-electron chi connectivity index (χ1n) is 5.92. The van der Waals surface area contributed by atoms with Crippen LogP contribution in [0.15, 0.2) is 40.9 Å². The molecule has 0 aliphatic heterocycles. The number of hydrogen-bond acceptors (Lipinski definition) is 2. The van der Waals surface area contributed by atoms with E-state index in [1.807, 2.05) is 25.1 Å². The third-order valence-corrected chi connectivity index (χ3v) is 3.60. The fraction of sp³-hybridized carbons (Fsp3) is 0.200. The molecule has 0 amide bonds. The Labute approximate surface area is 120 Å².